The van der Waals surface area contributed by atoms with E-state index in [1.165, 1.54) is 0 Å². The molecule has 0 saturated carbocycles. The van der Waals surface area contributed by atoms with Crippen LogP contribution in [0.4, 0.5) is 0 Å². The Morgan fingerprint density at radius 1 is 1.43 bits per heavy atom. The number of carboxylic acids is 1. The highest BCUT2D eigenvalue weighted by molar-refractivity contribution is 7.17. The number of carboxylic acid groups (broad SMARTS) is 1. The van der Waals surface area contributed by atoms with E-state index in [4.69, 9.17) is 5.11 Å². The Balaban J connectivity index is 0.000000980. The predicted octanol–water partition coefficient (Wildman–Crippen LogP) is 2.56. The smallest absolute Gasteiger partial charge is 0.309 e. The van der Waals surface area contributed by atoms with Crippen molar-refractivity contribution in [3.8, 4) is 0 Å². The molecule has 0 radical (unpaired) electrons. The van der Waals surface area contributed by atoms with Crippen molar-refractivity contribution in [1.29, 1.82) is 0 Å². The van der Waals surface area contributed by atoms with E-state index in [1.54, 1.807) is 17.4 Å². The van der Waals surface area contributed by atoms with Gasteiger partial charge in [-0.2, -0.15) is 0 Å². The Morgan fingerprint density at radius 2 is 2.21 bits per heavy atom. The molecule has 2 aromatic heterocycles. The van der Waals surface area contributed by atoms with Crippen LogP contribution in [-0.4, -0.2) is 16.1 Å². The number of fused-ring (bicyclic) bond motifs is 1. The van der Waals surface area contributed by atoms with Gasteiger partial charge in [0.2, 0.25) is 0 Å². The van der Waals surface area contributed by atoms with Crippen LogP contribution < -0.4 is 0 Å². The Morgan fingerprint density at radius 3 is 2.93 bits per heavy atom. The molecule has 0 amide bonds. The van der Waals surface area contributed by atoms with Crippen LogP contribution in [0.5, 0.6) is 0 Å². The molecule has 0 aromatic carbocycles. The van der Waals surface area contributed by atoms with Crippen LogP contribution >= 0.6 is 11.3 Å². The zero-order chi connectivity index (χ0) is 9.26. The highest BCUT2D eigenvalue weighted by Gasteiger charge is 2.03. The zero-order valence-corrected chi connectivity index (χ0v) is 7.54. The lowest BCUT2D eigenvalue weighted by Crippen LogP contribution is -2.01. The zero-order valence-electron chi connectivity index (χ0n) is 6.73. The van der Waals surface area contributed by atoms with Gasteiger partial charge in [-0.25, -0.2) is 0 Å². The molecule has 1 N–H and O–H groups in total. The molecule has 14 heavy (non-hydrogen) atoms. The number of hydrogen-bond acceptors (Lipinski definition) is 3. The highest BCUT2D eigenvalue weighted by Crippen LogP contribution is 2.18. The topological polar surface area (TPSA) is 50.2 Å². The van der Waals surface area contributed by atoms with E-state index in [0.29, 0.717) is 5.69 Å². The molecule has 0 spiro atoms. The number of pyridine rings is 1. The van der Waals surface area contributed by atoms with Crippen LogP contribution in [0.2, 0.25) is 0 Å². The molecule has 4 heteroatoms. The number of aliphatic carboxylic acids is 1. The third kappa shape index (κ3) is 2.09. The molecule has 0 bridgehead atoms. The minimum absolute atomic E-state index is 0. The molecular weight excluding hydrogens is 198 g/mol. The normalized spacial score (nSPS) is 9.71. The van der Waals surface area contributed by atoms with Crippen LogP contribution in [-0.2, 0) is 11.2 Å². The van der Waals surface area contributed by atoms with E-state index in [9.17, 15) is 4.79 Å². The maximum atomic E-state index is 10.4. The van der Waals surface area contributed by atoms with Crippen LogP contribution in [0.1, 0.15) is 13.1 Å². The molecule has 2 heterocycles. The van der Waals surface area contributed by atoms with Gasteiger partial charge >= 0.3 is 5.97 Å². The summed E-state index contributed by atoms with van der Waals surface area (Å²) in [5.74, 6) is -0.845. The lowest BCUT2D eigenvalue weighted by Gasteiger charge is -1.95. The van der Waals surface area contributed by atoms with E-state index in [0.717, 1.165) is 10.2 Å². The van der Waals surface area contributed by atoms with Crippen LogP contribution in [0, 0.1) is 0 Å². The Hall–Kier alpha value is -1.42. The number of nitrogens with zero attached hydrogens (tertiary/aromatic N) is 1. The molecule has 0 unspecified atom stereocenters. The number of hydrogen-bond donors (Lipinski definition) is 1. The minimum atomic E-state index is -0.845. The second kappa shape index (κ2) is 4.19. The fraction of sp³-hybridized carbons (Fsp3) is 0.200. The van der Waals surface area contributed by atoms with Gasteiger partial charge in [0.15, 0.2) is 0 Å². The molecule has 0 atom stereocenters. The van der Waals surface area contributed by atoms with E-state index < -0.39 is 5.97 Å². The van der Waals surface area contributed by atoms with Crippen molar-refractivity contribution in [2.24, 2.45) is 0 Å². The van der Waals surface area contributed by atoms with Crippen molar-refractivity contribution in [2.75, 3.05) is 0 Å². The van der Waals surface area contributed by atoms with Gasteiger partial charge < -0.3 is 5.11 Å². The molecule has 0 aliphatic carbocycles. The first-order chi connectivity index (χ1) is 6.25. The van der Waals surface area contributed by atoms with E-state index in [-0.39, 0.29) is 13.8 Å². The second-order valence-electron chi connectivity index (χ2n) is 2.68. The third-order valence-corrected chi connectivity index (χ3v) is 2.57. The Kier molecular flexibility index (Phi) is 3.19. The van der Waals surface area contributed by atoms with Gasteiger partial charge in [0.25, 0.3) is 0 Å². The fourth-order valence-corrected chi connectivity index (χ4v) is 1.87. The Bertz CT molecular complexity index is 450. The van der Waals surface area contributed by atoms with Crippen molar-refractivity contribution in [1.82, 2.24) is 4.98 Å². The summed E-state index contributed by atoms with van der Waals surface area (Å²) in [6, 6.07) is 5.56. The van der Waals surface area contributed by atoms with Crippen molar-refractivity contribution >= 4 is 27.5 Å². The summed E-state index contributed by atoms with van der Waals surface area (Å²) in [5, 5.41) is 10.5. The summed E-state index contributed by atoms with van der Waals surface area (Å²) in [5.41, 5.74) is 1.49. The molecule has 0 aliphatic heterocycles. The van der Waals surface area contributed by atoms with Gasteiger partial charge in [0, 0.05) is 0 Å². The van der Waals surface area contributed by atoms with E-state index in [1.807, 2.05) is 17.5 Å². The first kappa shape index (κ1) is 10.7. The highest BCUT2D eigenvalue weighted by atomic mass is 32.1. The molecule has 3 nitrogen and oxygen atoms in total. The second-order valence-corrected chi connectivity index (χ2v) is 3.62. The minimum Gasteiger partial charge on any atom is -0.481 e. The van der Waals surface area contributed by atoms with Crippen LogP contribution in [0.3, 0.4) is 0 Å². The van der Waals surface area contributed by atoms with Crippen molar-refractivity contribution < 1.29 is 9.90 Å². The van der Waals surface area contributed by atoms with Crippen molar-refractivity contribution in [2.45, 2.75) is 13.8 Å². The van der Waals surface area contributed by atoms with Gasteiger partial charge in [-0.15, -0.1) is 11.3 Å². The molecule has 0 fully saturated rings. The largest absolute Gasteiger partial charge is 0.481 e. The summed E-state index contributed by atoms with van der Waals surface area (Å²) >= 11 is 1.60. The Labute approximate surface area is 86.0 Å². The number of rotatable bonds is 2. The van der Waals surface area contributed by atoms with Gasteiger partial charge in [0.1, 0.15) is 0 Å². The quantitative estimate of drug-likeness (QED) is 0.827. The summed E-state index contributed by atoms with van der Waals surface area (Å²) in [6.45, 7) is 0. The summed E-state index contributed by atoms with van der Waals surface area (Å²) in [7, 11) is 0. The van der Waals surface area contributed by atoms with E-state index >= 15 is 0 Å². The molecule has 2 rings (SSSR count). The van der Waals surface area contributed by atoms with Gasteiger partial charge in [-0.1, -0.05) is 7.43 Å². The monoisotopic (exact) mass is 209 g/mol. The maximum absolute atomic E-state index is 10.4. The maximum Gasteiger partial charge on any atom is 0.309 e. The SMILES string of the molecule is C.O=C(O)Cc1ccc2sccc2n1. The van der Waals surface area contributed by atoms with Gasteiger partial charge in [0.05, 0.1) is 22.3 Å². The van der Waals surface area contributed by atoms with Crippen LogP contribution in [0.15, 0.2) is 23.6 Å². The van der Waals surface area contributed by atoms with Crippen LogP contribution in [0.25, 0.3) is 10.2 Å². The average molecular weight is 209 g/mol. The molecular formula is C10H11NO2S. The number of aromatic nitrogens is 1. The lowest BCUT2D eigenvalue weighted by atomic mass is 10.2. The third-order valence-electron chi connectivity index (χ3n) is 1.70. The fourth-order valence-electron chi connectivity index (χ4n) is 1.15. The average Bonchev–Trinajstić information content (AvgIpc) is 2.49. The molecule has 2 aromatic rings. The lowest BCUT2D eigenvalue weighted by molar-refractivity contribution is -0.136. The summed E-state index contributed by atoms with van der Waals surface area (Å²) < 4.78 is 1.09. The summed E-state index contributed by atoms with van der Waals surface area (Å²) in [4.78, 5) is 14.6. The van der Waals surface area contributed by atoms with Gasteiger partial charge in [-0.3, -0.25) is 9.78 Å². The van der Waals surface area contributed by atoms with Crippen molar-refractivity contribution in [3.63, 3.8) is 0 Å². The predicted molar refractivity (Wildman–Crippen MR) is 57.7 cm³/mol. The molecule has 0 aliphatic rings. The van der Waals surface area contributed by atoms with E-state index in [2.05, 4.69) is 4.98 Å². The van der Waals surface area contributed by atoms with Crippen molar-refractivity contribution in [3.05, 3.63) is 29.3 Å². The number of carbonyl (C=O) groups is 1. The summed E-state index contributed by atoms with van der Waals surface area (Å²) in [6.07, 6.45) is -0.00815. The van der Waals surface area contributed by atoms with Gasteiger partial charge in [-0.05, 0) is 23.6 Å². The molecule has 74 valence electrons. The first-order valence-corrected chi connectivity index (χ1v) is 4.68. The molecule has 0 saturated heterocycles. The number of thiophene rings is 1. The first-order valence-electron chi connectivity index (χ1n) is 3.80. The standard InChI is InChI=1S/C9H7NO2S.CH4/c11-9(12)5-6-1-2-8-7(10-6)3-4-13-8;/h1-4H,5H2,(H,11,12);1H4.